The van der Waals surface area contributed by atoms with Gasteiger partial charge in [-0.3, -0.25) is 4.79 Å². The lowest BCUT2D eigenvalue weighted by atomic mass is 10.1. The Kier molecular flexibility index (Phi) is 5.95. The van der Waals surface area contributed by atoms with Gasteiger partial charge in [0.1, 0.15) is 10.6 Å². The molecule has 1 aromatic carbocycles. The minimum absolute atomic E-state index is 0.337. The summed E-state index contributed by atoms with van der Waals surface area (Å²) in [5, 5.41) is 0. The fourth-order valence-electron chi connectivity index (χ4n) is 1.33. The van der Waals surface area contributed by atoms with Crippen LogP contribution in [0.4, 0.5) is 0 Å². The Morgan fingerprint density at radius 3 is 2.59 bits per heavy atom. The smallest absolute Gasteiger partial charge is 0.324 e. The van der Waals surface area contributed by atoms with Crippen molar-refractivity contribution >= 4 is 53.8 Å². The van der Waals surface area contributed by atoms with Crippen LogP contribution in [0.2, 0.25) is 0 Å². The Bertz CT molecular complexity index is 421. The van der Waals surface area contributed by atoms with Crippen molar-refractivity contribution in [3.05, 3.63) is 26.6 Å². The van der Waals surface area contributed by atoms with E-state index in [1.165, 1.54) is 0 Å². The maximum Gasteiger partial charge on any atom is 0.324 e. The molecule has 0 aliphatic carbocycles. The van der Waals surface area contributed by atoms with Crippen LogP contribution in [0.1, 0.15) is 17.3 Å². The van der Waals surface area contributed by atoms with Gasteiger partial charge >= 0.3 is 5.97 Å². The molecule has 0 amide bonds. The second-order valence-electron chi connectivity index (χ2n) is 3.12. The summed E-state index contributed by atoms with van der Waals surface area (Å²) in [5.41, 5.74) is 0.715. The van der Waals surface area contributed by atoms with Gasteiger partial charge in [-0.15, -0.1) is 0 Å². The number of carbonyl (C=O) groups excluding carboxylic acids is 1. The summed E-state index contributed by atoms with van der Waals surface area (Å²) in [6.07, 6.45) is 0. The summed E-state index contributed by atoms with van der Waals surface area (Å²) in [6.45, 7) is 2.12. The molecule has 1 aromatic rings. The van der Waals surface area contributed by atoms with E-state index in [9.17, 15) is 4.79 Å². The van der Waals surface area contributed by atoms with Gasteiger partial charge in [0.05, 0.1) is 18.2 Å². The van der Waals surface area contributed by atoms with Gasteiger partial charge < -0.3 is 9.47 Å². The molecule has 0 aliphatic heterocycles. The summed E-state index contributed by atoms with van der Waals surface area (Å²) < 4.78 is 11.9. The van der Waals surface area contributed by atoms with Crippen LogP contribution in [0.15, 0.2) is 21.1 Å². The van der Waals surface area contributed by atoms with Crippen molar-refractivity contribution in [2.24, 2.45) is 0 Å². The molecule has 3 nitrogen and oxygen atoms in total. The highest BCUT2D eigenvalue weighted by Gasteiger charge is 2.24. The Morgan fingerprint density at radius 1 is 1.41 bits per heavy atom. The normalized spacial score (nSPS) is 12.1. The average Bonchev–Trinajstić information content (AvgIpc) is 2.27. The van der Waals surface area contributed by atoms with Crippen molar-refractivity contribution in [2.45, 2.75) is 11.8 Å². The first kappa shape index (κ1) is 15.0. The quantitative estimate of drug-likeness (QED) is 0.530. The van der Waals surface area contributed by atoms with Gasteiger partial charge in [0.25, 0.3) is 0 Å². The number of benzene rings is 1. The summed E-state index contributed by atoms with van der Waals surface area (Å²) in [6, 6.07) is 3.67. The monoisotopic (exact) mass is 428 g/mol. The highest BCUT2D eigenvalue weighted by molar-refractivity contribution is 9.11. The highest BCUT2D eigenvalue weighted by atomic mass is 79.9. The van der Waals surface area contributed by atoms with Crippen LogP contribution >= 0.6 is 47.8 Å². The summed E-state index contributed by atoms with van der Waals surface area (Å²) >= 11 is 10.1. The van der Waals surface area contributed by atoms with Crippen molar-refractivity contribution in [2.75, 3.05) is 13.7 Å². The lowest BCUT2D eigenvalue weighted by Crippen LogP contribution is -2.11. The summed E-state index contributed by atoms with van der Waals surface area (Å²) in [5.74, 6) is 0.277. The Hall–Kier alpha value is -0.0700. The largest absolute Gasteiger partial charge is 0.495 e. The fourth-order valence-corrected chi connectivity index (χ4v) is 3.22. The number of hydrogen-bond donors (Lipinski definition) is 0. The zero-order valence-corrected chi connectivity index (χ0v) is 14.1. The molecule has 0 bridgehead atoms. The van der Waals surface area contributed by atoms with Crippen LogP contribution < -0.4 is 4.74 Å². The second kappa shape index (κ2) is 6.75. The molecule has 94 valence electrons. The zero-order valence-electron chi connectivity index (χ0n) is 9.30. The maximum absolute atomic E-state index is 11.7. The van der Waals surface area contributed by atoms with Crippen LogP contribution in [-0.4, -0.2) is 19.7 Å². The number of alkyl halides is 1. The average molecular weight is 431 g/mol. The van der Waals surface area contributed by atoms with E-state index in [0.717, 1.165) is 8.95 Å². The molecular weight excluding hydrogens is 420 g/mol. The lowest BCUT2D eigenvalue weighted by molar-refractivity contribution is -0.142. The van der Waals surface area contributed by atoms with E-state index in [-0.39, 0.29) is 5.97 Å². The van der Waals surface area contributed by atoms with Crippen molar-refractivity contribution < 1.29 is 14.3 Å². The van der Waals surface area contributed by atoms with E-state index >= 15 is 0 Å². The first-order valence-corrected chi connectivity index (χ1v) is 7.35. The number of halogens is 3. The minimum Gasteiger partial charge on any atom is -0.495 e. The molecule has 0 radical (unpaired) electrons. The Balaban J connectivity index is 3.15. The van der Waals surface area contributed by atoms with Gasteiger partial charge in [-0.1, -0.05) is 31.9 Å². The van der Waals surface area contributed by atoms with E-state index in [1.807, 2.05) is 12.1 Å². The second-order valence-corrected chi connectivity index (χ2v) is 5.81. The summed E-state index contributed by atoms with van der Waals surface area (Å²) in [7, 11) is 1.56. The minimum atomic E-state index is -0.550. The van der Waals surface area contributed by atoms with Crippen molar-refractivity contribution in [3.8, 4) is 5.75 Å². The molecule has 0 saturated heterocycles. The molecule has 0 N–H and O–H groups in total. The third-order valence-electron chi connectivity index (χ3n) is 2.01. The molecule has 0 fully saturated rings. The van der Waals surface area contributed by atoms with Gasteiger partial charge in [0.2, 0.25) is 0 Å². The van der Waals surface area contributed by atoms with Crippen LogP contribution in [0.3, 0.4) is 0 Å². The lowest BCUT2D eigenvalue weighted by Gasteiger charge is -2.15. The molecule has 0 spiro atoms. The highest BCUT2D eigenvalue weighted by Crippen LogP contribution is 2.39. The summed E-state index contributed by atoms with van der Waals surface area (Å²) in [4.78, 5) is 11.1. The third-order valence-corrected chi connectivity index (χ3v) is 3.92. The van der Waals surface area contributed by atoms with Gasteiger partial charge in [0.15, 0.2) is 0 Å². The van der Waals surface area contributed by atoms with E-state index in [1.54, 1.807) is 14.0 Å². The van der Waals surface area contributed by atoms with Crippen LogP contribution in [0, 0.1) is 0 Å². The molecular formula is C11H11Br3O3. The molecule has 1 atom stereocenters. The van der Waals surface area contributed by atoms with Crippen molar-refractivity contribution in [1.82, 2.24) is 0 Å². The number of rotatable bonds is 4. The van der Waals surface area contributed by atoms with Crippen LogP contribution in [-0.2, 0) is 9.53 Å². The molecule has 0 saturated carbocycles. The van der Waals surface area contributed by atoms with Gasteiger partial charge in [-0.25, -0.2) is 0 Å². The fraction of sp³-hybridized carbons (Fsp3) is 0.364. The number of methoxy groups -OCH3 is 1. The molecule has 6 heteroatoms. The molecule has 17 heavy (non-hydrogen) atoms. The first-order chi connectivity index (χ1) is 8.01. The number of hydrogen-bond acceptors (Lipinski definition) is 3. The van der Waals surface area contributed by atoms with Crippen LogP contribution in [0.25, 0.3) is 0 Å². The molecule has 1 unspecified atom stereocenters. The molecule has 0 aliphatic rings. The van der Waals surface area contributed by atoms with Gasteiger partial charge in [0, 0.05) is 10.0 Å². The molecule has 0 aromatic heterocycles. The van der Waals surface area contributed by atoms with Crippen molar-refractivity contribution in [3.63, 3.8) is 0 Å². The third kappa shape index (κ3) is 3.69. The zero-order chi connectivity index (χ0) is 13.0. The van der Waals surface area contributed by atoms with E-state index < -0.39 is 4.83 Å². The standard InChI is InChI=1S/C11H11Br3O3/c1-3-17-11(15)9(14)7-4-6(12)5-8(13)10(7)16-2/h4-5,9H,3H2,1-2H3. The van der Waals surface area contributed by atoms with Crippen LogP contribution in [0.5, 0.6) is 5.75 Å². The maximum atomic E-state index is 11.7. The number of esters is 1. The Morgan fingerprint density at radius 2 is 2.06 bits per heavy atom. The van der Waals surface area contributed by atoms with E-state index in [2.05, 4.69) is 47.8 Å². The number of ether oxygens (including phenoxy) is 2. The van der Waals surface area contributed by atoms with E-state index in [0.29, 0.717) is 17.9 Å². The first-order valence-electron chi connectivity index (χ1n) is 4.84. The van der Waals surface area contributed by atoms with Gasteiger partial charge in [-0.2, -0.15) is 0 Å². The topological polar surface area (TPSA) is 35.5 Å². The SMILES string of the molecule is CCOC(=O)C(Br)c1cc(Br)cc(Br)c1OC. The molecule has 1 rings (SSSR count). The Labute approximate surface area is 125 Å². The molecule has 0 heterocycles. The number of carbonyl (C=O) groups is 1. The van der Waals surface area contributed by atoms with Gasteiger partial charge in [-0.05, 0) is 35.0 Å². The predicted molar refractivity (Wildman–Crippen MR) is 76.7 cm³/mol. The van der Waals surface area contributed by atoms with E-state index in [4.69, 9.17) is 9.47 Å². The predicted octanol–water partition coefficient (Wildman–Crippen LogP) is 4.22. The van der Waals surface area contributed by atoms with Crippen molar-refractivity contribution in [1.29, 1.82) is 0 Å².